The number of carbonyl (C=O) groups excluding carboxylic acids is 1. The van der Waals surface area contributed by atoms with Gasteiger partial charge in [0.25, 0.3) is 11.5 Å². The van der Waals surface area contributed by atoms with E-state index in [1.54, 1.807) is 13.0 Å². The second-order valence-electron chi connectivity index (χ2n) is 5.98. The van der Waals surface area contributed by atoms with E-state index in [-0.39, 0.29) is 23.6 Å². The van der Waals surface area contributed by atoms with Crippen LogP contribution in [0.3, 0.4) is 0 Å². The fraction of sp³-hybridized carbons (Fsp3) is 0.571. The number of aromatic amines is 1. The van der Waals surface area contributed by atoms with Gasteiger partial charge in [-0.05, 0) is 30.4 Å². The number of hydrogen-bond donors (Lipinski definition) is 3. The van der Waals surface area contributed by atoms with Crippen LogP contribution in [0.4, 0.5) is 0 Å². The zero-order valence-electron chi connectivity index (χ0n) is 11.9. The first kappa shape index (κ1) is 15.4. The van der Waals surface area contributed by atoms with Gasteiger partial charge in [-0.2, -0.15) is 0 Å². The maximum absolute atomic E-state index is 12.1. The SMILES string of the molecule is Cc1cc[nH]c(=O)c1C(=O)NC(CO)CC(C)(C)C. The number of nitrogens with one attached hydrogen (secondary N) is 2. The molecule has 0 aromatic carbocycles. The highest BCUT2D eigenvalue weighted by Crippen LogP contribution is 2.20. The van der Waals surface area contributed by atoms with Crippen LogP contribution in [-0.2, 0) is 0 Å². The van der Waals surface area contributed by atoms with Crippen LogP contribution in [0.2, 0.25) is 0 Å². The Bertz CT molecular complexity index is 500. The molecule has 0 aliphatic rings. The average molecular weight is 266 g/mol. The summed E-state index contributed by atoms with van der Waals surface area (Å²) in [4.78, 5) is 26.2. The molecule has 0 radical (unpaired) electrons. The molecule has 106 valence electrons. The number of amides is 1. The number of aryl methyl sites for hydroxylation is 1. The average Bonchev–Trinajstić information content (AvgIpc) is 2.25. The Morgan fingerprint density at radius 2 is 2.11 bits per heavy atom. The summed E-state index contributed by atoms with van der Waals surface area (Å²) in [5.74, 6) is -0.442. The van der Waals surface area contributed by atoms with Crippen molar-refractivity contribution >= 4 is 5.91 Å². The van der Waals surface area contributed by atoms with Crippen molar-refractivity contribution in [3.63, 3.8) is 0 Å². The molecule has 1 unspecified atom stereocenters. The van der Waals surface area contributed by atoms with E-state index in [9.17, 15) is 14.7 Å². The number of rotatable bonds is 4. The standard InChI is InChI=1S/C14H22N2O3/c1-9-5-6-15-12(18)11(9)13(19)16-10(8-17)7-14(2,3)4/h5-6,10,17H,7-8H2,1-4H3,(H,15,18)(H,16,19). The quantitative estimate of drug-likeness (QED) is 0.766. The molecule has 0 fully saturated rings. The lowest BCUT2D eigenvalue weighted by molar-refractivity contribution is 0.0895. The molecule has 0 aliphatic carbocycles. The zero-order valence-corrected chi connectivity index (χ0v) is 11.9. The minimum atomic E-state index is -0.442. The van der Waals surface area contributed by atoms with Gasteiger partial charge in [0.2, 0.25) is 0 Å². The molecular weight excluding hydrogens is 244 g/mol. The summed E-state index contributed by atoms with van der Waals surface area (Å²) >= 11 is 0. The molecule has 0 saturated carbocycles. The fourth-order valence-corrected chi connectivity index (χ4v) is 2.02. The van der Waals surface area contributed by atoms with E-state index in [0.717, 1.165) is 0 Å². The van der Waals surface area contributed by atoms with E-state index >= 15 is 0 Å². The molecule has 0 spiro atoms. The first-order chi connectivity index (χ1) is 8.74. The zero-order chi connectivity index (χ0) is 14.6. The van der Waals surface area contributed by atoms with Gasteiger partial charge in [-0.15, -0.1) is 0 Å². The minimum absolute atomic E-state index is 0.0151. The third-order valence-electron chi connectivity index (χ3n) is 2.81. The normalized spacial score (nSPS) is 13.1. The van der Waals surface area contributed by atoms with E-state index in [0.29, 0.717) is 12.0 Å². The van der Waals surface area contributed by atoms with Gasteiger partial charge in [0.15, 0.2) is 0 Å². The predicted octanol–water partition coefficient (Wildman–Crippen LogP) is 1.21. The molecule has 0 saturated heterocycles. The highest BCUT2D eigenvalue weighted by molar-refractivity contribution is 5.95. The molecule has 0 bridgehead atoms. The van der Waals surface area contributed by atoms with Gasteiger partial charge in [0, 0.05) is 6.20 Å². The third kappa shape index (κ3) is 4.52. The lowest BCUT2D eigenvalue weighted by Crippen LogP contribution is -2.42. The van der Waals surface area contributed by atoms with Crippen LogP contribution in [0.25, 0.3) is 0 Å². The van der Waals surface area contributed by atoms with Crippen molar-refractivity contribution in [2.75, 3.05) is 6.61 Å². The second-order valence-corrected chi connectivity index (χ2v) is 5.98. The summed E-state index contributed by atoms with van der Waals surface area (Å²) in [5, 5.41) is 12.0. The van der Waals surface area contributed by atoms with Gasteiger partial charge < -0.3 is 15.4 Å². The van der Waals surface area contributed by atoms with Crippen molar-refractivity contribution in [3.05, 3.63) is 33.7 Å². The van der Waals surface area contributed by atoms with E-state index < -0.39 is 11.5 Å². The van der Waals surface area contributed by atoms with E-state index in [1.165, 1.54) is 6.20 Å². The summed E-state index contributed by atoms with van der Waals surface area (Å²) in [7, 11) is 0. The van der Waals surface area contributed by atoms with Crippen molar-refractivity contribution < 1.29 is 9.90 Å². The summed E-state index contributed by atoms with van der Waals surface area (Å²) < 4.78 is 0. The van der Waals surface area contributed by atoms with Gasteiger partial charge in [-0.25, -0.2) is 0 Å². The van der Waals surface area contributed by atoms with Crippen LogP contribution in [0, 0.1) is 12.3 Å². The Kier molecular flexibility index (Phi) is 4.89. The third-order valence-corrected chi connectivity index (χ3v) is 2.81. The van der Waals surface area contributed by atoms with Crippen molar-refractivity contribution in [1.29, 1.82) is 0 Å². The topological polar surface area (TPSA) is 82.2 Å². The van der Waals surface area contributed by atoms with Crippen molar-refractivity contribution in [2.24, 2.45) is 5.41 Å². The molecule has 1 aromatic rings. The highest BCUT2D eigenvalue weighted by atomic mass is 16.3. The molecule has 5 heteroatoms. The number of H-pyrrole nitrogens is 1. The molecule has 1 rings (SSSR count). The second kappa shape index (κ2) is 6.02. The van der Waals surface area contributed by atoms with E-state index in [1.807, 2.05) is 20.8 Å². The summed E-state index contributed by atoms with van der Waals surface area (Å²) in [5.41, 5.74) is 0.298. The number of pyridine rings is 1. The molecule has 1 atom stereocenters. The maximum atomic E-state index is 12.1. The number of carbonyl (C=O) groups is 1. The van der Waals surface area contributed by atoms with Gasteiger partial charge in [-0.1, -0.05) is 20.8 Å². The van der Waals surface area contributed by atoms with Crippen LogP contribution in [-0.4, -0.2) is 28.6 Å². The molecule has 1 aromatic heterocycles. The Morgan fingerprint density at radius 1 is 1.47 bits per heavy atom. The van der Waals surface area contributed by atoms with Gasteiger partial charge >= 0.3 is 0 Å². The summed E-state index contributed by atoms with van der Waals surface area (Å²) in [6, 6.07) is 1.32. The van der Waals surface area contributed by atoms with Crippen molar-refractivity contribution in [1.82, 2.24) is 10.3 Å². The molecule has 3 N–H and O–H groups in total. The summed E-state index contributed by atoms with van der Waals surface area (Å²) in [6.45, 7) is 7.65. The molecule has 1 amide bonds. The number of aliphatic hydroxyl groups excluding tert-OH is 1. The number of aromatic nitrogens is 1. The molecule has 19 heavy (non-hydrogen) atoms. The predicted molar refractivity (Wildman–Crippen MR) is 74.2 cm³/mol. The molecular formula is C14H22N2O3. The maximum Gasteiger partial charge on any atom is 0.261 e. The Hall–Kier alpha value is -1.62. The molecule has 0 aliphatic heterocycles. The smallest absolute Gasteiger partial charge is 0.261 e. The van der Waals surface area contributed by atoms with Gasteiger partial charge in [0.1, 0.15) is 5.56 Å². The molecule has 5 nitrogen and oxygen atoms in total. The van der Waals surface area contributed by atoms with Crippen molar-refractivity contribution in [3.8, 4) is 0 Å². The largest absolute Gasteiger partial charge is 0.394 e. The number of hydrogen-bond acceptors (Lipinski definition) is 3. The minimum Gasteiger partial charge on any atom is -0.394 e. The molecule has 1 heterocycles. The number of aliphatic hydroxyl groups is 1. The van der Waals surface area contributed by atoms with Crippen molar-refractivity contribution in [2.45, 2.75) is 40.2 Å². The van der Waals surface area contributed by atoms with Crippen LogP contribution < -0.4 is 10.9 Å². The van der Waals surface area contributed by atoms with Gasteiger partial charge in [-0.3, -0.25) is 9.59 Å². The van der Waals surface area contributed by atoms with Crippen LogP contribution >= 0.6 is 0 Å². The first-order valence-electron chi connectivity index (χ1n) is 6.34. The van der Waals surface area contributed by atoms with Crippen LogP contribution in [0.15, 0.2) is 17.1 Å². The lowest BCUT2D eigenvalue weighted by atomic mass is 9.88. The van der Waals surface area contributed by atoms with Crippen LogP contribution in [0.1, 0.15) is 43.1 Å². The Labute approximate surface area is 113 Å². The monoisotopic (exact) mass is 266 g/mol. The van der Waals surface area contributed by atoms with E-state index in [2.05, 4.69) is 10.3 Å². The Balaban J connectivity index is 2.87. The van der Waals surface area contributed by atoms with E-state index in [4.69, 9.17) is 0 Å². The first-order valence-corrected chi connectivity index (χ1v) is 6.34. The lowest BCUT2D eigenvalue weighted by Gasteiger charge is -2.25. The van der Waals surface area contributed by atoms with Gasteiger partial charge in [0.05, 0.1) is 12.6 Å². The van der Waals surface area contributed by atoms with Crippen LogP contribution in [0.5, 0.6) is 0 Å². The summed E-state index contributed by atoms with van der Waals surface area (Å²) in [6.07, 6.45) is 2.14. The Morgan fingerprint density at radius 3 is 2.58 bits per heavy atom. The highest BCUT2D eigenvalue weighted by Gasteiger charge is 2.22. The fourth-order valence-electron chi connectivity index (χ4n) is 2.02.